The van der Waals surface area contributed by atoms with Gasteiger partial charge in [-0.1, -0.05) is 0 Å². The molecule has 0 bridgehead atoms. The molecule has 0 atom stereocenters. The second kappa shape index (κ2) is 2.98. The third kappa shape index (κ3) is 1.33. The van der Waals surface area contributed by atoms with Crippen molar-refractivity contribution in [1.29, 1.82) is 0 Å². The van der Waals surface area contributed by atoms with E-state index in [0.717, 1.165) is 5.01 Å². The number of pyridine rings is 1. The van der Waals surface area contributed by atoms with Crippen LogP contribution in [0.25, 0.3) is 10.6 Å². The molecule has 0 fully saturated rings. The Morgan fingerprint density at radius 3 is 3.00 bits per heavy atom. The molecule has 4 heteroatoms. The van der Waals surface area contributed by atoms with Gasteiger partial charge in [0, 0.05) is 18.0 Å². The Bertz CT molecular complexity index is 372. The lowest BCUT2D eigenvalue weighted by Crippen LogP contribution is -1.81. The summed E-state index contributed by atoms with van der Waals surface area (Å²) >= 11 is 1.34. The third-order valence-corrected chi connectivity index (χ3v) is 2.10. The highest BCUT2D eigenvalue weighted by atomic mass is 32.1. The van der Waals surface area contributed by atoms with Crippen LogP contribution in [0.5, 0.6) is 0 Å². The van der Waals surface area contributed by atoms with E-state index in [1.807, 2.05) is 0 Å². The highest BCUT2D eigenvalue weighted by Gasteiger charge is 2.01. The van der Waals surface area contributed by atoms with Gasteiger partial charge in [-0.3, -0.25) is 4.98 Å². The molecule has 0 aliphatic rings. The molecule has 0 aliphatic carbocycles. The van der Waals surface area contributed by atoms with Crippen LogP contribution in [0.1, 0.15) is 0 Å². The normalized spacial score (nSPS) is 10.1. The summed E-state index contributed by atoms with van der Waals surface area (Å²) in [6, 6.07) is 1.40. The second-order valence-electron chi connectivity index (χ2n) is 2.18. The number of hydrogen-bond donors (Lipinski definition) is 0. The molecule has 1 radical (unpaired) electrons. The lowest BCUT2D eigenvalue weighted by Gasteiger charge is -1.93. The van der Waals surface area contributed by atoms with Crippen molar-refractivity contribution in [3.8, 4) is 10.6 Å². The Balaban J connectivity index is 2.48. The van der Waals surface area contributed by atoms with Crippen molar-refractivity contribution in [3.63, 3.8) is 0 Å². The van der Waals surface area contributed by atoms with Gasteiger partial charge in [-0.15, -0.1) is 11.3 Å². The van der Waals surface area contributed by atoms with Gasteiger partial charge in [-0.05, 0) is 6.07 Å². The molecule has 0 aromatic carbocycles. The lowest BCUT2D eigenvalue weighted by molar-refractivity contribution is 0.622. The minimum Gasteiger partial charge on any atom is -0.261 e. The summed E-state index contributed by atoms with van der Waals surface area (Å²) in [5.74, 6) is -0.345. The van der Waals surface area contributed by atoms with Crippen molar-refractivity contribution >= 4 is 11.3 Å². The Kier molecular flexibility index (Phi) is 1.83. The van der Waals surface area contributed by atoms with Crippen molar-refractivity contribution < 1.29 is 4.39 Å². The average Bonchev–Trinajstić information content (AvgIpc) is 2.56. The Morgan fingerprint density at radius 1 is 1.42 bits per heavy atom. The molecule has 2 heterocycles. The van der Waals surface area contributed by atoms with Crippen molar-refractivity contribution in [3.05, 3.63) is 35.9 Å². The Labute approximate surface area is 72.7 Å². The van der Waals surface area contributed by atoms with E-state index < -0.39 is 0 Å². The first-order valence-electron chi connectivity index (χ1n) is 3.29. The van der Waals surface area contributed by atoms with Gasteiger partial charge in [0.25, 0.3) is 0 Å². The van der Waals surface area contributed by atoms with E-state index in [4.69, 9.17) is 0 Å². The molecule has 0 spiro atoms. The molecular weight excluding hydrogens is 175 g/mol. The summed E-state index contributed by atoms with van der Waals surface area (Å²) in [6.45, 7) is 0. The maximum absolute atomic E-state index is 12.7. The van der Waals surface area contributed by atoms with Crippen LogP contribution in [-0.2, 0) is 0 Å². The number of thiazole rings is 1. The zero-order chi connectivity index (χ0) is 8.39. The van der Waals surface area contributed by atoms with E-state index in [-0.39, 0.29) is 5.82 Å². The first kappa shape index (κ1) is 7.36. The van der Waals surface area contributed by atoms with Crippen LogP contribution in [0.15, 0.2) is 24.7 Å². The number of rotatable bonds is 1. The fourth-order valence-corrected chi connectivity index (χ4v) is 1.41. The smallest absolute Gasteiger partial charge is 0.142 e. The van der Waals surface area contributed by atoms with Crippen molar-refractivity contribution in [2.24, 2.45) is 0 Å². The first-order valence-corrected chi connectivity index (χ1v) is 4.11. The van der Waals surface area contributed by atoms with E-state index >= 15 is 0 Å². The van der Waals surface area contributed by atoms with Crippen LogP contribution in [0.3, 0.4) is 0 Å². The van der Waals surface area contributed by atoms with Crippen LogP contribution in [0.4, 0.5) is 4.39 Å². The van der Waals surface area contributed by atoms with Gasteiger partial charge in [0.2, 0.25) is 0 Å². The first-order chi connectivity index (χ1) is 5.86. The molecule has 2 nitrogen and oxygen atoms in total. The molecule has 2 aromatic rings. The van der Waals surface area contributed by atoms with Gasteiger partial charge in [-0.2, -0.15) is 0 Å². The van der Waals surface area contributed by atoms with Gasteiger partial charge in [0.1, 0.15) is 10.8 Å². The van der Waals surface area contributed by atoms with Gasteiger partial charge >= 0.3 is 0 Å². The lowest BCUT2D eigenvalue weighted by atomic mass is 10.3. The summed E-state index contributed by atoms with van der Waals surface area (Å²) in [7, 11) is 0. The van der Waals surface area contributed by atoms with E-state index in [0.29, 0.717) is 5.56 Å². The fourth-order valence-electron chi connectivity index (χ4n) is 0.856. The van der Waals surface area contributed by atoms with Gasteiger partial charge in [0.15, 0.2) is 0 Å². The topological polar surface area (TPSA) is 25.8 Å². The maximum Gasteiger partial charge on any atom is 0.142 e. The Hall–Kier alpha value is -1.29. The standard InChI is InChI=1S/C8H4FN2S/c9-7-3-6(4-10-5-7)8-11-1-2-12-8/h1,3-5H. The van der Waals surface area contributed by atoms with Crippen LogP contribution < -0.4 is 0 Å². The maximum atomic E-state index is 12.7. The number of hydrogen-bond acceptors (Lipinski definition) is 3. The molecule has 2 rings (SSSR count). The minimum atomic E-state index is -0.345. The average molecular weight is 179 g/mol. The molecule has 0 N–H and O–H groups in total. The summed E-state index contributed by atoms with van der Waals surface area (Å²) in [5, 5.41) is 3.57. The molecule has 0 saturated heterocycles. The van der Waals surface area contributed by atoms with Crippen molar-refractivity contribution in [1.82, 2.24) is 9.97 Å². The highest BCUT2D eigenvalue weighted by Crippen LogP contribution is 2.20. The van der Waals surface area contributed by atoms with Gasteiger partial charge < -0.3 is 0 Å². The van der Waals surface area contributed by atoms with E-state index in [2.05, 4.69) is 15.3 Å². The van der Waals surface area contributed by atoms with Gasteiger partial charge in [0.05, 0.1) is 11.6 Å². The zero-order valence-corrected chi connectivity index (χ0v) is 6.81. The summed E-state index contributed by atoms with van der Waals surface area (Å²) in [6.07, 6.45) is 4.31. The van der Waals surface area contributed by atoms with Crippen LogP contribution >= 0.6 is 11.3 Å². The predicted octanol–water partition coefficient (Wildman–Crippen LogP) is 2.14. The van der Waals surface area contributed by atoms with Crippen molar-refractivity contribution in [2.75, 3.05) is 0 Å². The summed E-state index contributed by atoms with van der Waals surface area (Å²) < 4.78 is 12.7. The van der Waals surface area contributed by atoms with Crippen LogP contribution in [0, 0.1) is 11.2 Å². The highest BCUT2D eigenvalue weighted by molar-refractivity contribution is 7.12. The minimum absolute atomic E-state index is 0.345. The summed E-state index contributed by atoms with van der Waals surface area (Å²) in [5.41, 5.74) is 0.696. The summed E-state index contributed by atoms with van der Waals surface area (Å²) in [4.78, 5) is 7.70. The largest absolute Gasteiger partial charge is 0.261 e. The second-order valence-corrected chi connectivity index (χ2v) is 3.00. The number of halogens is 1. The molecule has 0 aliphatic heterocycles. The molecule has 12 heavy (non-hydrogen) atoms. The quantitative estimate of drug-likeness (QED) is 0.670. The molecule has 59 valence electrons. The molecular formula is C8H4FN2S. The molecule has 2 aromatic heterocycles. The zero-order valence-electron chi connectivity index (χ0n) is 5.99. The van der Waals surface area contributed by atoms with Crippen LogP contribution in [-0.4, -0.2) is 9.97 Å². The van der Waals surface area contributed by atoms with E-state index in [1.165, 1.54) is 23.6 Å². The molecule has 0 amide bonds. The molecule has 0 saturated carbocycles. The number of aromatic nitrogens is 2. The fraction of sp³-hybridized carbons (Fsp3) is 0. The SMILES string of the molecule is Fc1cncc(-c2nc[c]s2)c1. The predicted molar refractivity (Wildman–Crippen MR) is 44.1 cm³/mol. The monoisotopic (exact) mass is 179 g/mol. The Morgan fingerprint density at radius 2 is 2.33 bits per heavy atom. The van der Waals surface area contributed by atoms with Crippen molar-refractivity contribution in [2.45, 2.75) is 0 Å². The van der Waals surface area contributed by atoms with E-state index in [1.54, 1.807) is 12.4 Å². The molecule has 0 unspecified atom stereocenters. The third-order valence-electron chi connectivity index (χ3n) is 1.34. The number of nitrogens with zero attached hydrogens (tertiary/aromatic N) is 2. The van der Waals surface area contributed by atoms with Gasteiger partial charge in [-0.25, -0.2) is 9.37 Å². The van der Waals surface area contributed by atoms with E-state index in [9.17, 15) is 4.39 Å². The van der Waals surface area contributed by atoms with Crippen LogP contribution in [0.2, 0.25) is 0 Å².